The van der Waals surface area contributed by atoms with E-state index in [2.05, 4.69) is 10.2 Å². The number of H-pyrrole nitrogens is 1. The van der Waals surface area contributed by atoms with E-state index < -0.39 is 0 Å². The third-order valence-electron chi connectivity index (χ3n) is 2.62. The molecule has 0 fully saturated rings. The Morgan fingerprint density at radius 3 is 2.47 bits per heavy atom. The van der Waals surface area contributed by atoms with Crippen LogP contribution in [0.5, 0.6) is 5.75 Å². The third kappa shape index (κ3) is 3.83. The normalized spacial score (nSPS) is 11.6. The molecular weight excluding hydrogens is 238 g/mol. The first-order chi connectivity index (χ1) is 8.98. The van der Waals surface area contributed by atoms with Crippen molar-refractivity contribution in [3.8, 4) is 17.0 Å². The van der Waals surface area contributed by atoms with Crippen molar-refractivity contribution < 1.29 is 4.74 Å². The molecule has 19 heavy (non-hydrogen) atoms. The number of rotatable bonds is 4. The van der Waals surface area contributed by atoms with Gasteiger partial charge in [0.2, 0.25) is 0 Å². The molecular formula is C15H21N3O. The predicted molar refractivity (Wildman–Crippen MR) is 77.2 cm³/mol. The van der Waals surface area contributed by atoms with Crippen molar-refractivity contribution in [3.63, 3.8) is 0 Å². The molecule has 1 aromatic heterocycles. The molecule has 2 aromatic rings. The van der Waals surface area contributed by atoms with Gasteiger partial charge < -0.3 is 10.5 Å². The maximum absolute atomic E-state index is 5.79. The van der Waals surface area contributed by atoms with Gasteiger partial charge in [0.15, 0.2) is 0 Å². The molecule has 0 unspecified atom stereocenters. The van der Waals surface area contributed by atoms with Gasteiger partial charge in [-0.25, -0.2) is 0 Å². The van der Waals surface area contributed by atoms with Crippen LogP contribution in [0.15, 0.2) is 30.3 Å². The zero-order chi connectivity index (χ0) is 13.9. The lowest BCUT2D eigenvalue weighted by Gasteiger charge is -2.21. The summed E-state index contributed by atoms with van der Waals surface area (Å²) in [5.74, 6) is 0.869. The van der Waals surface area contributed by atoms with Crippen LogP contribution < -0.4 is 10.5 Å². The summed E-state index contributed by atoms with van der Waals surface area (Å²) >= 11 is 0. The first kappa shape index (κ1) is 13.6. The SMILES string of the molecule is CC(C)(C)Oc1ccc(-c2cc(CCN)[nH]n2)cc1. The monoisotopic (exact) mass is 259 g/mol. The molecule has 1 aromatic carbocycles. The predicted octanol–water partition coefficient (Wildman–Crippen LogP) is 2.76. The lowest BCUT2D eigenvalue weighted by Crippen LogP contribution is -2.22. The van der Waals surface area contributed by atoms with E-state index >= 15 is 0 Å². The number of aromatic amines is 1. The highest BCUT2D eigenvalue weighted by Gasteiger charge is 2.11. The molecule has 1 heterocycles. The van der Waals surface area contributed by atoms with Gasteiger partial charge in [0.05, 0.1) is 5.69 Å². The highest BCUT2D eigenvalue weighted by molar-refractivity contribution is 5.60. The van der Waals surface area contributed by atoms with Gasteiger partial charge in [0.1, 0.15) is 11.4 Å². The van der Waals surface area contributed by atoms with Crippen LogP contribution in [0.25, 0.3) is 11.3 Å². The van der Waals surface area contributed by atoms with Gasteiger partial charge in [-0.15, -0.1) is 0 Å². The van der Waals surface area contributed by atoms with E-state index in [9.17, 15) is 0 Å². The van der Waals surface area contributed by atoms with Crippen LogP contribution in [-0.2, 0) is 6.42 Å². The van der Waals surface area contributed by atoms with Gasteiger partial charge in [0, 0.05) is 17.7 Å². The number of hydrogen-bond donors (Lipinski definition) is 2. The molecule has 0 atom stereocenters. The second-order valence-electron chi connectivity index (χ2n) is 5.56. The summed E-state index contributed by atoms with van der Waals surface area (Å²) in [6.45, 7) is 6.73. The highest BCUT2D eigenvalue weighted by atomic mass is 16.5. The molecule has 0 bridgehead atoms. The lowest BCUT2D eigenvalue weighted by molar-refractivity contribution is 0.131. The molecule has 0 amide bonds. The summed E-state index contributed by atoms with van der Waals surface area (Å²) in [5.41, 5.74) is 8.41. The fourth-order valence-electron chi connectivity index (χ4n) is 1.84. The van der Waals surface area contributed by atoms with Crippen molar-refractivity contribution >= 4 is 0 Å². The Labute approximate surface area is 114 Å². The van der Waals surface area contributed by atoms with E-state index in [0.29, 0.717) is 6.54 Å². The van der Waals surface area contributed by atoms with Crippen LogP contribution >= 0.6 is 0 Å². The Morgan fingerprint density at radius 1 is 1.21 bits per heavy atom. The van der Waals surface area contributed by atoms with Crippen LogP contribution in [0.2, 0.25) is 0 Å². The summed E-state index contributed by atoms with van der Waals surface area (Å²) in [5, 5.41) is 7.28. The van der Waals surface area contributed by atoms with Crippen LogP contribution in [0.4, 0.5) is 0 Å². The Hall–Kier alpha value is -1.81. The second kappa shape index (κ2) is 5.45. The second-order valence-corrected chi connectivity index (χ2v) is 5.56. The zero-order valence-electron chi connectivity index (χ0n) is 11.7. The minimum Gasteiger partial charge on any atom is -0.488 e. The average molecular weight is 259 g/mol. The molecule has 0 aliphatic heterocycles. The van der Waals surface area contributed by atoms with Gasteiger partial charge in [-0.3, -0.25) is 5.10 Å². The van der Waals surface area contributed by atoms with E-state index in [4.69, 9.17) is 10.5 Å². The molecule has 2 rings (SSSR count). The topological polar surface area (TPSA) is 63.9 Å². The van der Waals surface area contributed by atoms with E-state index in [1.165, 1.54) is 0 Å². The standard InChI is InChI=1S/C15H21N3O/c1-15(2,3)19-13-6-4-11(5-7-13)14-10-12(8-9-16)17-18-14/h4-7,10H,8-9,16H2,1-3H3,(H,17,18). The molecule has 0 aliphatic rings. The average Bonchev–Trinajstić information content (AvgIpc) is 2.77. The minimum atomic E-state index is -0.178. The fraction of sp³-hybridized carbons (Fsp3) is 0.400. The van der Waals surface area contributed by atoms with Gasteiger partial charge in [-0.05, 0) is 57.6 Å². The number of nitrogens with one attached hydrogen (secondary N) is 1. The Balaban J connectivity index is 2.13. The third-order valence-corrected chi connectivity index (χ3v) is 2.62. The van der Waals surface area contributed by atoms with Crippen molar-refractivity contribution in [2.75, 3.05) is 6.54 Å². The Kier molecular flexibility index (Phi) is 3.90. The molecule has 0 saturated carbocycles. The van der Waals surface area contributed by atoms with Gasteiger partial charge in [-0.1, -0.05) is 0 Å². The van der Waals surface area contributed by atoms with Crippen molar-refractivity contribution in [2.24, 2.45) is 5.73 Å². The molecule has 102 valence electrons. The van der Waals surface area contributed by atoms with Crippen molar-refractivity contribution in [1.29, 1.82) is 0 Å². The van der Waals surface area contributed by atoms with Crippen LogP contribution in [-0.4, -0.2) is 22.3 Å². The molecule has 0 saturated heterocycles. The van der Waals surface area contributed by atoms with E-state index in [-0.39, 0.29) is 5.60 Å². The number of ether oxygens (including phenoxy) is 1. The number of nitrogens with two attached hydrogens (primary N) is 1. The van der Waals surface area contributed by atoms with Crippen molar-refractivity contribution in [1.82, 2.24) is 10.2 Å². The first-order valence-electron chi connectivity index (χ1n) is 6.52. The van der Waals surface area contributed by atoms with Gasteiger partial charge in [0.25, 0.3) is 0 Å². The highest BCUT2D eigenvalue weighted by Crippen LogP contribution is 2.23. The molecule has 0 radical (unpaired) electrons. The fourth-order valence-corrected chi connectivity index (χ4v) is 1.84. The summed E-state index contributed by atoms with van der Waals surface area (Å²) in [4.78, 5) is 0. The van der Waals surface area contributed by atoms with Gasteiger partial charge >= 0.3 is 0 Å². The summed E-state index contributed by atoms with van der Waals surface area (Å²) in [6, 6.07) is 10.0. The summed E-state index contributed by atoms with van der Waals surface area (Å²) < 4.78 is 5.79. The first-order valence-corrected chi connectivity index (χ1v) is 6.52. The maximum Gasteiger partial charge on any atom is 0.120 e. The number of nitrogens with zero attached hydrogens (tertiary/aromatic N) is 1. The quantitative estimate of drug-likeness (QED) is 0.887. The number of hydrogen-bond acceptors (Lipinski definition) is 3. The smallest absolute Gasteiger partial charge is 0.120 e. The molecule has 4 nitrogen and oxygen atoms in total. The minimum absolute atomic E-state index is 0.178. The molecule has 0 aliphatic carbocycles. The van der Waals surface area contributed by atoms with Crippen LogP contribution in [0.1, 0.15) is 26.5 Å². The van der Waals surface area contributed by atoms with E-state index in [0.717, 1.165) is 29.1 Å². The molecule has 0 spiro atoms. The van der Waals surface area contributed by atoms with Crippen molar-refractivity contribution in [3.05, 3.63) is 36.0 Å². The van der Waals surface area contributed by atoms with Gasteiger partial charge in [-0.2, -0.15) is 5.10 Å². The summed E-state index contributed by atoms with van der Waals surface area (Å²) in [6.07, 6.45) is 0.818. The lowest BCUT2D eigenvalue weighted by atomic mass is 10.1. The molecule has 3 N–H and O–H groups in total. The maximum atomic E-state index is 5.79. The zero-order valence-corrected chi connectivity index (χ0v) is 11.7. The number of benzene rings is 1. The Morgan fingerprint density at radius 2 is 1.89 bits per heavy atom. The van der Waals surface area contributed by atoms with Crippen LogP contribution in [0.3, 0.4) is 0 Å². The molecule has 4 heteroatoms. The largest absolute Gasteiger partial charge is 0.488 e. The number of aromatic nitrogens is 2. The van der Waals surface area contributed by atoms with E-state index in [1.54, 1.807) is 0 Å². The van der Waals surface area contributed by atoms with Crippen molar-refractivity contribution in [2.45, 2.75) is 32.8 Å². The summed E-state index contributed by atoms with van der Waals surface area (Å²) in [7, 11) is 0. The van der Waals surface area contributed by atoms with Crippen LogP contribution in [0, 0.1) is 0 Å². The Bertz CT molecular complexity index is 523. The van der Waals surface area contributed by atoms with E-state index in [1.807, 2.05) is 51.1 Å².